The minimum Gasteiger partial charge on any atom is -0.396 e. The molecule has 0 bridgehead atoms. The maximum Gasteiger partial charge on any atom is 0.253 e. The molecule has 0 spiro atoms. The molecule has 1 aromatic heterocycles. The monoisotopic (exact) mass is 312 g/mol. The van der Waals surface area contributed by atoms with E-state index in [4.69, 9.17) is 5.11 Å². The number of nitrogens with zero attached hydrogens (tertiary/aromatic N) is 1. The van der Waals surface area contributed by atoms with E-state index >= 15 is 0 Å². The lowest BCUT2D eigenvalue weighted by atomic mass is 9.94. The molecular weight excluding hydrogens is 288 g/mol. The van der Waals surface area contributed by atoms with Crippen molar-refractivity contribution < 1.29 is 9.90 Å². The van der Waals surface area contributed by atoms with Gasteiger partial charge in [-0.25, -0.2) is 0 Å². The van der Waals surface area contributed by atoms with Crippen LogP contribution in [0, 0.1) is 6.92 Å². The predicted octanol–water partition coefficient (Wildman–Crippen LogP) is 3.34. The summed E-state index contributed by atoms with van der Waals surface area (Å²) in [4.78, 5) is 17.1. The van der Waals surface area contributed by atoms with Crippen LogP contribution in [-0.4, -0.2) is 28.1 Å². The number of hydrogen-bond acceptors (Lipinski definition) is 3. The normalized spacial score (nSPS) is 13.4. The van der Waals surface area contributed by atoms with Crippen molar-refractivity contribution in [3.05, 3.63) is 53.7 Å². The molecule has 0 aliphatic carbocycles. The first kappa shape index (κ1) is 17.2. The largest absolute Gasteiger partial charge is 0.396 e. The molecule has 0 aliphatic rings. The topological polar surface area (TPSA) is 62.2 Å². The van der Waals surface area contributed by atoms with E-state index in [1.807, 2.05) is 63.2 Å². The third kappa shape index (κ3) is 4.17. The van der Waals surface area contributed by atoms with Crippen LogP contribution in [0.4, 0.5) is 0 Å². The SMILES string of the molecule is CCC(C)(CCO)NC(=O)c1ccc(-c2ccccc2)nc1C. The quantitative estimate of drug-likeness (QED) is 0.860. The smallest absolute Gasteiger partial charge is 0.253 e. The molecule has 1 aromatic carbocycles. The molecule has 1 atom stereocenters. The molecular formula is C19H24N2O2. The van der Waals surface area contributed by atoms with Gasteiger partial charge < -0.3 is 10.4 Å². The Morgan fingerprint density at radius 3 is 2.48 bits per heavy atom. The van der Waals surface area contributed by atoms with Crippen LogP contribution < -0.4 is 5.32 Å². The fraction of sp³-hybridized carbons (Fsp3) is 0.368. The third-order valence-electron chi connectivity index (χ3n) is 4.26. The number of hydrogen-bond donors (Lipinski definition) is 2. The van der Waals surface area contributed by atoms with Gasteiger partial charge in [-0.15, -0.1) is 0 Å². The van der Waals surface area contributed by atoms with Gasteiger partial charge >= 0.3 is 0 Å². The summed E-state index contributed by atoms with van der Waals surface area (Å²) in [6, 6.07) is 13.6. The molecule has 2 aromatic rings. The van der Waals surface area contributed by atoms with E-state index in [2.05, 4.69) is 10.3 Å². The van der Waals surface area contributed by atoms with Crippen LogP contribution in [-0.2, 0) is 0 Å². The fourth-order valence-electron chi connectivity index (χ4n) is 2.49. The summed E-state index contributed by atoms with van der Waals surface area (Å²) in [5.74, 6) is -0.146. The molecule has 1 amide bonds. The number of pyridine rings is 1. The second-order valence-electron chi connectivity index (χ2n) is 6.04. The van der Waals surface area contributed by atoms with Crippen LogP contribution >= 0.6 is 0 Å². The van der Waals surface area contributed by atoms with E-state index in [-0.39, 0.29) is 12.5 Å². The maximum atomic E-state index is 12.5. The molecule has 0 saturated carbocycles. The van der Waals surface area contributed by atoms with Gasteiger partial charge in [0.1, 0.15) is 0 Å². The lowest BCUT2D eigenvalue weighted by Gasteiger charge is -2.29. The number of aliphatic hydroxyl groups excluding tert-OH is 1. The zero-order valence-corrected chi connectivity index (χ0v) is 14.0. The first-order chi connectivity index (χ1) is 11.0. The Hall–Kier alpha value is -2.20. The van der Waals surface area contributed by atoms with Gasteiger partial charge in [-0.05, 0) is 38.8 Å². The van der Waals surface area contributed by atoms with Crippen molar-refractivity contribution in [2.24, 2.45) is 0 Å². The van der Waals surface area contributed by atoms with Crippen LogP contribution in [0.25, 0.3) is 11.3 Å². The Kier molecular flexibility index (Phi) is 5.50. The average Bonchev–Trinajstić information content (AvgIpc) is 2.55. The van der Waals surface area contributed by atoms with Crippen LogP contribution in [0.3, 0.4) is 0 Å². The highest BCUT2D eigenvalue weighted by atomic mass is 16.3. The average molecular weight is 312 g/mol. The van der Waals surface area contributed by atoms with Crippen molar-refractivity contribution in [2.75, 3.05) is 6.61 Å². The standard InChI is InChI=1S/C19H24N2O2/c1-4-19(3,12-13-22)21-18(23)16-10-11-17(20-14(16)2)15-8-6-5-7-9-15/h5-11,22H,4,12-13H2,1-3H3,(H,21,23). The summed E-state index contributed by atoms with van der Waals surface area (Å²) >= 11 is 0. The number of aliphatic hydroxyl groups is 1. The highest BCUT2D eigenvalue weighted by Gasteiger charge is 2.25. The predicted molar refractivity (Wildman–Crippen MR) is 92.3 cm³/mol. The van der Waals surface area contributed by atoms with Gasteiger partial charge in [0.05, 0.1) is 17.0 Å². The van der Waals surface area contributed by atoms with E-state index in [0.717, 1.165) is 17.7 Å². The van der Waals surface area contributed by atoms with E-state index in [1.165, 1.54) is 0 Å². The van der Waals surface area contributed by atoms with E-state index in [9.17, 15) is 4.79 Å². The lowest BCUT2D eigenvalue weighted by molar-refractivity contribution is 0.0885. The van der Waals surface area contributed by atoms with Crippen LogP contribution in [0.1, 0.15) is 42.7 Å². The minimum atomic E-state index is -0.406. The zero-order valence-electron chi connectivity index (χ0n) is 14.0. The second kappa shape index (κ2) is 7.38. The molecule has 4 heteroatoms. The molecule has 0 radical (unpaired) electrons. The van der Waals surface area contributed by atoms with Crippen LogP contribution in [0.15, 0.2) is 42.5 Å². The molecule has 2 rings (SSSR count). The van der Waals surface area contributed by atoms with Crippen molar-refractivity contribution in [3.63, 3.8) is 0 Å². The lowest BCUT2D eigenvalue weighted by Crippen LogP contribution is -2.46. The summed E-state index contributed by atoms with van der Waals surface area (Å²) in [7, 11) is 0. The first-order valence-electron chi connectivity index (χ1n) is 7.95. The van der Waals surface area contributed by atoms with Crippen molar-refractivity contribution in [1.82, 2.24) is 10.3 Å². The van der Waals surface area contributed by atoms with E-state index < -0.39 is 5.54 Å². The molecule has 0 saturated heterocycles. The number of rotatable bonds is 6. The number of carbonyl (C=O) groups excluding carboxylic acids is 1. The molecule has 1 unspecified atom stereocenters. The molecule has 4 nitrogen and oxygen atoms in total. The summed E-state index contributed by atoms with van der Waals surface area (Å²) in [5.41, 5.74) is 2.75. The highest BCUT2D eigenvalue weighted by molar-refractivity contribution is 5.96. The third-order valence-corrected chi connectivity index (χ3v) is 4.26. The molecule has 0 fully saturated rings. The van der Waals surface area contributed by atoms with Gasteiger partial charge in [-0.1, -0.05) is 37.3 Å². The van der Waals surface area contributed by atoms with Gasteiger partial charge in [-0.2, -0.15) is 0 Å². The van der Waals surface area contributed by atoms with Crippen molar-refractivity contribution in [3.8, 4) is 11.3 Å². The second-order valence-corrected chi connectivity index (χ2v) is 6.04. The fourth-order valence-corrected chi connectivity index (χ4v) is 2.49. The number of benzene rings is 1. The van der Waals surface area contributed by atoms with Crippen molar-refractivity contribution in [1.29, 1.82) is 0 Å². The molecule has 0 aliphatic heterocycles. The van der Waals surface area contributed by atoms with Gasteiger partial charge in [0, 0.05) is 17.7 Å². The van der Waals surface area contributed by atoms with E-state index in [1.54, 1.807) is 0 Å². The number of nitrogens with one attached hydrogen (secondary N) is 1. The van der Waals surface area contributed by atoms with E-state index in [0.29, 0.717) is 17.7 Å². The Labute approximate surface area is 137 Å². The molecule has 122 valence electrons. The van der Waals surface area contributed by atoms with Crippen molar-refractivity contribution in [2.45, 2.75) is 39.2 Å². The highest BCUT2D eigenvalue weighted by Crippen LogP contribution is 2.20. The first-order valence-corrected chi connectivity index (χ1v) is 7.95. The number of amides is 1. The van der Waals surface area contributed by atoms with Gasteiger partial charge in [0.15, 0.2) is 0 Å². The molecule has 1 heterocycles. The Morgan fingerprint density at radius 1 is 1.22 bits per heavy atom. The Morgan fingerprint density at radius 2 is 1.91 bits per heavy atom. The minimum absolute atomic E-state index is 0.0504. The van der Waals surface area contributed by atoms with Crippen LogP contribution in [0.2, 0.25) is 0 Å². The Balaban J connectivity index is 2.22. The maximum absolute atomic E-state index is 12.5. The van der Waals surface area contributed by atoms with Crippen molar-refractivity contribution >= 4 is 5.91 Å². The summed E-state index contributed by atoms with van der Waals surface area (Å²) in [5, 5.41) is 12.2. The number of carbonyl (C=O) groups is 1. The number of aryl methyl sites for hydroxylation is 1. The summed E-state index contributed by atoms with van der Waals surface area (Å²) in [6.45, 7) is 5.84. The Bertz CT molecular complexity index is 670. The summed E-state index contributed by atoms with van der Waals surface area (Å²) < 4.78 is 0. The zero-order chi connectivity index (χ0) is 16.9. The molecule has 23 heavy (non-hydrogen) atoms. The van der Waals surface area contributed by atoms with Crippen LogP contribution in [0.5, 0.6) is 0 Å². The summed E-state index contributed by atoms with van der Waals surface area (Å²) in [6.07, 6.45) is 1.29. The van der Waals surface area contributed by atoms with Gasteiger partial charge in [0.2, 0.25) is 0 Å². The van der Waals surface area contributed by atoms with Gasteiger partial charge in [-0.3, -0.25) is 9.78 Å². The van der Waals surface area contributed by atoms with Gasteiger partial charge in [0.25, 0.3) is 5.91 Å². The molecule has 2 N–H and O–H groups in total. The number of aromatic nitrogens is 1.